The van der Waals surface area contributed by atoms with Crippen molar-refractivity contribution in [2.45, 2.75) is 36.6 Å². The average molecular weight is 289 g/mol. The number of hydrogen-bond acceptors (Lipinski definition) is 2. The molecule has 106 valence electrons. The number of hydrogen-bond donors (Lipinski definition) is 1. The zero-order valence-electron chi connectivity index (χ0n) is 12.3. The molecule has 0 amide bonds. The Balaban J connectivity index is 2.35. The molecule has 3 heteroatoms. The number of nitrogens with one attached hydrogen (secondary N) is 1. The summed E-state index contributed by atoms with van der Waals surface area (Å²) in [6, 6.07) is 11.5. The van der Waals surface area contributed by atoms with Gasteiger partial charge in [0.1, 0.15) is 5.82 Å². The summed E-state index contributed by atoms with van der Waals surface area (Å²) in [5.41, 5.74) is 3.56. The van der Waals surface area contributed by atoms with E-state index in [1.807, 2.05) is 20.0 Å². The molecule has 0 saturated carbocycles. The van der Waals surface area contributed by atoms with E-state index in [9.17, 15) is 4.39 Å². The lowest BCUT2D eigenvalue weighted by Crippen LogP contribution is -2.13. The lowest BCUT2D eigenvalue weighted by molar-refractivity contribution is 0.601. The maximum atomic E-state index is 13.5. The van der Waals surface area contributed by atoms with Crippen LogP contribution in [-0.2, 0) is 0 Å². The van der Waals surface area contributed by atoms with E-state index in [2.05, 4.69) is 37.4 Å². The summed E-state index contributed by atoms with van der Waals surface area (Å²) in [7, 11) is 1.89. The Labute approximate surface area is 124 Å². The summed E-state index contributed by atoms with van der Waals surface area (Å²) in [5, 5.41) is 3.18. The van der Waals surface area contributed by atoms with Crippen LogP contribution in [0.4, 0.5) is 4.39 Å². The van der Waals surface area contributed by atoms with Gasteiger partial charge < -0.3 is 5.32 Å². The Kier molecular flexibility index (Phi) is 4.84. The van der Waals surface area contributed by atoms with Crippen molar-refractivity contribution in [1.29, 1.82) is 0 Å². The van der Waals surface area contributed by atoms with Crippen LogP contribution in [0.1, 0.15) is 29.7 Å². The largest absolute Gasteiger partial charge is 0.313 e. The minimum Gasteiger partial charge on any atom is -0.313 e. The maximum absolute atomic E-state index is 13.5. The molecule has 2 aromatic carbocycles. The van der Waals surface area contributed by atoms with Gasteiger partial charge in [-0.1, -0.05) is 17.8 Å². The van der Waals surface area contributed by atoms with Crippen molar-refractivity contribution in [3.63, 3.8) is 0 Å². The van der Waals surface area contributed by atoms with Gasteiger partial charge in [0.2, 0.25) is 0 Å². The molecule has 0 fully saturated rings. The second kappa shape index (κ2) is 6.42. The van der Waals surface area contributed by atoms with Gasteiger partial charge >= 0.3 is 0 Å². The van der Waals surface area contributed by atoms with Gasteiger partial charge in [0, 0.05) is 15.8 Å². The van der Waals surface area contributed by atoms with E-state index in [1.165, 1.54) is 22.1 Å². The molecular weight excluding hydrogens is 269 g/mol. The van der Waals surface area contributed by atoms with Crippen LogP contribution in [0.3, 0.4) is 0 Å². The zero-order valence-corrected chi connectivity index (χ0v) is 13.1. The van der Waals surface area contributed by atoms with Crippen LogP contribution < -0.4 is 5.32 Å². The highest BCUT2D eigenvalue weighted by atomic mass is 32.2. The first-order valence-corrected chi connectivity index (χ1v) is 7.54. The number of rotatable bonds is 4. The number of halogens is 1. The average Bonchev–Trinajstić information content (AvgIpc) is 2.44. The molecule has 0 spiro atoms. The molecule has 0 aromatic heterocycles. The molecule has 0 radical (unpaired) electrons. The molecule has 0 saturated heterocycles. The molecule has 0 aliphatic carbocycles. The van der Waals surface area contributed by atoms with Gasteiger partial charge in [0.15, 0.2) is 0 Å². The van der Waals surface area contributed by atoms with Crippen molar-refractivity contribution in [2.24, 2.45) is 0 Å². The van der Waals surface area contributed by atoms with E-state index in [0.717, 1.165) is 10.5 Å². The minimum absolute atomic E-state index is 0.125. The second-order valence-corrected chi connectivity index (χ2v) is 6.16. The van der Waals surface area contributed by atoms with E-state index in [-0.39, 0.29) is 11.9 Å². The molecule has 0 heterocycles. The molecule has 1 atom stereocenters. The van der Waals surface area contributed by atoms with Crippen molar-refractivity contribution in [3.8, 4) is 0 Å². The van der Waals surface area contributed by atoms with Crippen LogP contribution in [0.15, 0.2) is 46.2 Å². The van der Waals surface area contributed by atoms with Crippen molar-refractivity contribution >= 4 is 11.8 Å². The van der Waals surface area contributed by atoms with Gasteiger partial charge in [0.25, 0.3) is 0 Å². The summed E-state index contributed by atoms with van der Waals surface area (Å²) in [6.07, 6.45) is 0. The molecule has 2 aromatic rings. The summed E-state index contributed by atoms with van der Waals surface area (Å²) in [5.74, 6) is -0.188. The first-order chi connectivity index (χ1) is 9.51. The summed E-state index contributed by atoms with van der Waals surface area (Å²) >= 11 is 1.68. The Bertz CT molecular complexity index is 610. The summed E-state index contributed by atoms with van der Waals surface area (Å²) in [6.45, 7) is 6.26. The highest BCUT2D eigenvalue weighted by molar-refractivity contribution is 7.99. The Morgan fingerprint density at radius 1 is 1.05 bits per heavy atom. The van der Waals surface area contributed by atoms with Crippen molar-refractivity contribution in [1.82, 2.24) is 5.32 Å². The van der Waals surface area contributed by atoms with E-state index in [1.54, 1.807) is 17.8 Å². The highest BCUT2D eigenvalue weighted by Gasteiger charge is 2.11. The first kappa shape index (κ1) is 15.1. The van der Waals surface area contributed by atoms with E-state index in [0.29, 0.717) is 0 Å². The van der Waals surface area contributed by atoms with E-state index in [4.69, 9.17) is 0 Å². The third-order valence-corrected chi connectivity index (χ3v) is 4.66. The quantitative estimate of drug-likeness (QED) is 0.861. The highest BCUT2D eigenvalue weighted by Crippen LogP contribution is 2.34. The molecule has 1 N–H and O–H groups in total. The SMILES string of the molecule is CNC(C)c1cc(F)ccc1Sc1ccc(C)c(C)c1. The van der Waals surface area contributed by atoms with Gasteiger partial charge in [-0.25, -0.2) is 4.39 Å². The van der Waals surface area contributed by atoms with Gasteiger partial charge in [0.05, 0.1) is 0 Å². The maximum Gasteiger partial charge on any atom is 0.123 e. The van der Waals surface area contributed by atoms with Gasteiger partial charge in [-0.2, -0.15) is 0 Å². The smallest absolute Gasteiger partial charge is 0.123 e. The van der Waals surface area contributed by atoms with Crippen LogP contribution in [0.5, 0.6) is 0 Å². The van der Waals surface area contributed by atoms with Crippen LogP contribution in [0, 0.1) is 19.7 Å². The predicted octanol–water partition coefficient (Wildman–Crippen LogP) is 4.87. The lowest BCUT2D eigenvalue weighted by Gasteiger charge is -2.16. The Hall–Kier alpha value is -1.32. The zero-order chi connectivity index (χ0) is 14.7. The lowest BCUT2D eigenvalue weighted by atomic mass is 10.1. The monoisotopic (exact) mass is 289 g/mol. The fourth-order valence-electron chi connectivity index (χ4n) is 2.01. The third-order valence-electron chi connectivity index (χ3n) is 3.58. The third kappa shape index (κ3) is 3.41. The Morgan fingerprint density at radius 3 is 2.45 bits per heavy atom. The van der Waals surface area contributed by atoms with Crippen LogP contribution >= 0.6 is 11.8 Å². The van der Waals surface area contributed by atoms with Gasteiger partial charge in [-0.15, -0.1) is 0 Å². The van der Waals surface area contributed by atoms with Crippen LogP contribution in [0.25, 0.3) is 0 Å². The fourth-order valence-corrected chi connectivity index (χ4v) is 3.13. The van der Waals surface area contributed by atoms with E-state index >= 15 is 0 Å². The van der Waals surface area contributed by atoms with Crippen molar-refractivity contribution < 1.29 is 4.39 Å². The fraction of sp³-hybridized carbons (Fsp3) is 0.294. The predicted molar refractivity (Wildman–Crippen MR) is 83.9 cm³/mol. The molecular formula is C17H20FNS. The minimum atomic E-state index is -0.188. The van der Waals surface area contributed by atoms with Gasteiger partial charge in [-0.05, 0) is 74.8 Å². The normalized spacial score (nSPS) is 12.4. The summed E-state index contributed by atoms with van der Waals surface area (Å²) < 4.78 is 13.5. The number of benzene rings is 2. The second-order valence-electron chi connectivity index (χ2n) is 5.04. The molecule has 0 bridgehead atoms. The molecule has 1 unspecified atom stereocenters. The molecule has 0 aliphatic heterocycles. The van der Waals surface area contributed by atoms with Crippen molar-refractivity contribution in [3.05, 3.63) is 58.9 Å². The first-order valence-electron chi connectivity index (χ1n) is 6.73. The summed E-state index contributed by atoms with van der Waals surface area (Å²) in [4.78, 5) is 2.28. The van der Waals surface area contributed by atoms with Crippen LogP contribution in [-0.4, -0.2) is 7.05 Å². The topological polar surface area (TPSA) is 12.0 Å². The molecule has 2 rings (SSSR count). The standard InChI is InChI=1S/C17H20FNS/c1-11-5-7-15(9-12(11)2)20-17-8-6-14(18)10-16(17)13(3)19-4/h5-10,13,19H,1-4H3. The van der Waals surface area contributed by atoms with Gasteiger partial charge in [-0.3, -0.25) is 0 Å². The molecule has 1 nitrogen and oxygen atoms in total. The molecule has 0 aliphatic rings. The Morgan fingerprint density at radius 2 is 1.80 bits per heavy atom. The van der Waals surface area contributed by atoms with Crippen molar-refractivity contribution in [2.75, 3.05) is 7.05 Å². The number of aryl methyl sites for hydroxylation is 2. The molecule has 20 heavy (non-hydrogen) atoms. The van der Waals surface area contributed by atoms with Crippen LogP contribution in [0.2, 0.25) is 0 Å². The van der Waals surface area contributed by atoms with E-state index < -0.39 is 0 Å².